The third-order valence-corrected chi connectivity index (χ3v) is 4.21. The number of carbonyl (C=O) groups excluding carboxylic acids is 3. The minimum absolute atomic E-state index is 0.153. The van der Waals surface area contributed by atoms with Crippen LogP contribution < -0.4 is 10.1 Å². The predicted molar refractivity (Wildman–Crippen MR) is 87.8 cm³/mol. The van der Waals surface area contributed by atoms with Crippen molar-refractivity contribution >= 4 is 18.2 Å². The Morgan fingerprint density at radius 1 is 1.21 bits per heavy atom. The fraction of sp³-hybridized carbons (Fsp3) is 0.500. The van der Waals surface area contributed by atoms with Crippen molar-refractivity contribution in [3.63, 3.8) is 0 Å². The molecule has 1 aliphatic rings. The molecule has 24 heavy (non-hydrogen) atoms. The first-order chi connectivity index (χ1) is 11.6. The van der Waals surface area contributed by atoms with Crippen molar-refractivity contribution in [1.29, 1.82) is 0 Å². The number of carbonyl (C=O) groups is 3. The molecule has 1 fully saturated rings. The Balaban J connectivity index is 1.70. The van der Waals surface area contributed by atoms with Crippen LogP contribution in [0.2, 0.25) is 0 Å². The number of esters is 1. The number of nitrogens with one attached hydrogen (secondary N) is 1. The van der Waals surface area contributed by atoms with Crippen molar-refractivity contribution in [3.05, 3.63) is 29.8 Å². The first-order valence-corrected chi connectivity index (χ1v) is 8.22. The van der Waals surface area contributed by atoms with E-state index in [-0.39, 0.29) is 25.2 Å². The number of hydrogen-bond donors (Lipinski definition) is 1. The highest BCUT2D eigenvalue weighted by atomic mass is 16.6. The van der Waals surface area contributed by atoms with Crippen molar-refractivity contribution in [2.24, 2.45) is 5.92 Å². The van der Waals surface area contributed by atoms with E-state index in [0.717, 1.165) is 19.3 Å². The Kier molecular flexibility index (Phi) is 6.78. The monoisotopic (exact) mass is 333 g/mol. The van der Waals surface area contributed by atoms with E-state index < -0.39 is 5.97 Å². The second kappa shape index (κ2) is 9.05. The normalized spacial score (nSPS) is 20.0. The summed E-state index contributed by atoms with van der Waals surface area (Å²) in [6.07, 6.45) is 5.03. The van der Waals surface area contributed by atoms with Crippen LogP contribution in [0.25, 0.3) is 0 Å². The summed E-state index contributed by atoms with van der Waals surface area (Å²) in [5.74, 6) is -0.190. The van der Waals surface area contributed by atoms with Gasteiger partial charge in [-0.1, -0.05) is 31.9 Å². The van der Waals surface area contributed by atoms with Crippen LogP contribution in [0, 0.1) is 5.92 Å². The number of benzene rings is 1. The van der Waals surface area contributed by atoms with E-state index in [1.165, 1.54) is 6.42 Å². The number of amides is 1. The molecule has 0 aromatic heterocycles. The Bertz CT molecular complexity index is 587. The van der Waals surface area contributed by atoms with Crippen molar-refractivity contribution in [2.45, 2.75) is 38.6 Å². The zero-order valence-corrected chi connectivity index (χ0v) is 13.8. The number of hydrogen-bond acceptors (Lipinski definition) is 5. The summed E-state index contributed by atoms with van der Waals surface area (Å²) in [4.78, 5) is 34.4. The lowest BCUT2D eigenvalue weighted by Gasteiger charge is -2.29. The molecule has 6 nitrogen and oxygen atoms in total. The third-order valence-electron chi connectivity index (χ3n) is 4.21. The van der Waals surface area contributed by atoms with Gasteiger partial charge >= 0.3 is 5.97 Å². The molecule has 0 saturated heterocycles. The first-order valence-electron chi connectivity index (χ1n) is 8.22. The highest BCUT2D eigenvalue weighted by Crippen LogP contribution is 2.23. The summed E-state index contributed by atoms with van der Waals surface area (Å²) in [6, 6.07) is 6.74. The van der Waals surface area contributed by atoms with E-state index in [9.17, 15) is 14.4 Å². The van der Waals surface area contributed by atoms with E-state index in [1.807, 2.05) is 0 Å². The van der Waals surface area contributed by atoms with E-state index in [0.29, 0.717) is 23.5 Å². The van der Waals surface area contributed by atoms with Gasteiger partial charge in [0.2, 0.25) is 0 Å². The maximum Gasteiger partial charge on any atom is 0.344 e. The molecule has 130 valence electrons. The molecule has 0 aliphatic heterocycles. The van der Waals surface area contributed by atoms with E-state index in [1.54, 1.807) is 24.3 Å². The van der Waals surface area contributed by atoms with Crippen LogP contribution in [0.1, 0.15) is 43.0 Å². The van der Waals surface area contributed by atoms with E-state index >= 15 is 0 Å². The van der Waals surface area contributed by atoms with Gasteiger partial charge in [-0.25, -0.2) is 4.79 Å². The molecule has 0 heterocycles. The van der Waals surface area contributed by atoms with Crippen LogP contribution in [-0.2, 0) is 14.3 Å². The second-order valence-corrected chi connectivity index (χ2v) is 6.04. The maximum absolute atomic E-state index is 11.9. The SMILES string of the molecule is C[C@@H]1CCCC[C@@H]1NC(=O)COC(=O)COc1ccccc1C=O. The van der Waals surface area contributed by atoms with Gasteiger partial charge in [0.05, 0.1) is 5.56 Å². The average molecular weight is 333 g/mol. The quantitative estimate of drug-likeness (QED) is 0.610. The smallest absolute Gasteiger partial charge is 0.344 e. The van der Waals surface area contributed by atoms with Crippen molar-refractivity contribution in [2.75, 3.05) is 13.2 Å². The minimum Gasteiger partial charge on any atom is -0.481 e. The van der Waals surface area contributed by atoms with Crippen LogP contribution in [0.3, 0.4) is 0 Å². The zero-order chi connectivity index (χ0) is 17.4. The van der Waals surface area contributed by atoms with Gasteiger partial charge in [0.15, 0.2) is 19.5 Å². The summed E-state index contributed by atoms with van der Waals surface area (Å²) in [5.41, 5.74) is 0.356. The summed E-state index contributed by atoms with van der Waals surface area (Å²) >= 11 is 0. The number of ether oxygens (including phenoxy) is 2. The topological polar surface area (TPSA) is 81.7 Å². The molecule has 6 heteroatoms. The first kappa shape index (κ1) is 18.0. The number of rotatable bonds is 7. The summed E-state index contributed by atoms with van der Waals surface area (Å²) in [6.45, 7) is 1.45. The summed E-state index contributed by atoms with van der Waals surface area (Å²) < 4.78 is 10.2. The largest absolute Gasteiger partial charge is 0.481 e. The summed E-state index contributed by atoms with van der Waals surface area (Å²) in [5, 5.41) is 2.91. The second-order valence-electron chi connectivity index (χ2n) is 6.04. The molecule has 0 spiro atoms. The molecular formula is C18H23NO5. The lowest BCUT2D eigenvalue weighted by Crippen LogP contribution is -2.43. The molecule has 1 aliphatic carbocycles. The molecule has 0 radical (unpaired) electrons. The summed E-state index contributed by atoms with van der Waals surface area (Å²) in [7, 11) is 0. The number of aldehydes is 1. The van der Waals surface area contributed by atoms with Gasteiger partial charge in [-0.2, -0.15) is 0 Å². The Hall–Kier alpha value is -2.37. The molecular weight excluding hydrogens is 310 g/mol. The molecule has 1 amide bonds. The molecule has 2 atom stereocenters. The van der Waals surface area contributed by atoms with Crippen LogP contribution in [0.15, 0.2) is 24.3 Å². The van der Waals surface area contributed by atoms with Gasteiger partial charge in [0.25, 0.3) is 5.91 Å². The Morgan fingerprint density at radius 2 is 1.96 bits per heavy atom. The fourth-order valence-corrected chi connectivity index (χ4v) is 2.81. The van der Waals surface area contributed by atoms with Gasteiger partial charge in [-0.3, -0.25) is 9.59 Å². The van der Waals surface area contributed by atoms with E-state index in [4.69, 9.17) is 9.47 Å². The van der Waals surface area contributed by atoms with Gasteiger partial charge in [0.1, 0.15) is 5.75 Å². The number of para-hydroxylation sites is 1. The molecule has 1 aromatic rings. The molecule has 1 saturated carbocycles. The highest BCUT2D eigenvalue weighted by Gasteiger charge is 2.23. The van der Waals surface area contributed by atoms with Crippen LogP contribution >= 0.6 is 0 Å². The highest BCUT2D eigenvalue weighted by molar-refractivity contribution is 5.82. The molecule has 0 bridgehead atoms. The molecule has 2 rings (SSSR count). The van der Waals surface area contributed by atoms with Crippen LogP contribution in [0.5, 0.6) is 5.75 Å². The fourth-order valence-electron chi connectivity index (χ4n) is 2.81. The Morgan fingerprint density at radius 3 is 2.71 bits per heavy atom. The third kappa shape index (κ3) is 5.37. The van der Waals surface area contributed by atoms with Crippen molar-refractivity contribution in [1.82, 2.24) is 5.32 Å². The predicted octanol–water partition coefficient (Wildman–Crippen LogP) is 2.12. The van der Waals surface area contributed by atoms with Crippen LogP contribution in [0.4, 0.5) is 0 Å². The van der Waals surface area contributed by atoms with Gasteiger partial charge in [0, 0.05) is 6.04 Å². The van der Waals surface area contributed by atoms with Crippen molar-refractivity contribution < 1.29 is 23.9 Å². The van der Waals surface area contributed by atoms with Crippen molar-refractivity contribution in [3.8, 4) is 5.75 Å². The lowest BCUT2D eigenvalue weighted by atomic mass is 9.86. The maximum atomic E-state index is 11.9. The lowest BCUT2D eigenvalue weighted by molar-refractivity contribution is -0.150. The van der Waals surface area contributed by atoms with Gasteiger partial charge in [-0.05, 0) is 30.9 Å². The molecule has 1 aromatic carbocycles. The molecule has 0 unspecified atom stereocenters. The van der Waals surface area contributed by atoms with Crippen LogP contribution in [-0.4, -0.2) is 37.4 Å². The standard InChI is InChI=1S/C18H23NO5/c1-13-6-2-4-8-15(13)19-17(21)11-24-18(22)12-23-16-9-5-3-7-14(16)10-20/h3,5,7,9-10,13,15H,2,4,6,8,11-12H2,1H3,(H,19,21)/t13-,15+/m1/s1. The van der Waals surface area contributed by atoms with Gasteiger partial charge < -0.3 is 14.8 Å². The van der Waals surface area contributed by atoms with Gasteiger partial charge in [-0.15, -0.1) is 0 Å². The minimum atomic E-state index is -0.650. The Labute approximate surface area is 141 Å². The average Bonchev–Trinajstić information content (AvgIpc) is 2.60. The zero-order valence-electron chi connectivity index (χ0n) is 13.8. The van der Waals surface area contributed by atoms with E-state index in [2.05, 4.69) is 12.2 Å². The molecule has 1 N–H and O–H groups in total.